The number of H-pyrrole nitrogens is 1. The molecule has 0 saturated carbocycles. The Kier molecular flexibility index (Phi) is 4.57. The molecule has 4 nitrogen and oxygen atoms in total. The van der Waals surface area contributed by atoms with Crippen molar-refractivity contribution >= 4 is 0 Å². The van der Waals surface area contributed by atoms with Crippen molar-refractivity contribution in [3.05, 3.63) is 86.8 Å². The van der Waals surface area contributed by atoms with Crippen LogP contribution in [0.25, 0.3) is 11.4 Å². The van der Waals surface area contributed by atoms with Crippen LogP contribution in [0.15, 0.2) is 53.3 Å². The highest BCUT2D eigenvalue weighted by Crippen LogP contribution is 2.23. The van der Waals surface area contributed by atoms with Crippen molar-refractivity contribution < 1.29 is 0 Å². The Hall–Kier alpha value is -2.72. The third-order valence-corrected chi connectivity index (χ3v) is 6.03. The normalized spacial score (nSPS) is 16.4. The van der Waals surface area contributed by atoms with Crippen molar-refractivity contribution in [2.24, 2.45) is 0 Å². The molecule has 0 amide bonds. The molecule has 2 aliphatic rings. The molecule has 0 fully saturated rings. The van der Waals surface area contributed by atoms with E-state index in [1.807, 2.05) is 0 Å². The summed E-state index contributed by atoms with van der Waals surface area (Å²) in [4.78, 5) is 22.6. The highest BCUT2D eigenvalue weighted by Gasteiger charge is 2.17. The maximum absolute atomic E-state index is 12.4. The van der Waals surface area contributed by atoms with Gasteiger partial charge in [-0.2, -0.15) is 0 Å². The molecule has 28 heavy (non-hydrogen) atoms. The molecule has 3 aromatic rings. The first-order chi connectivity index (χ1) is 13.8. The van der Waals surface area contributed by atoms with Gasteiger partial charge in [0.05, 0.1) is 5.69 Å². The number of fused-ring (bicyclic) bond motifs is 2. The van der Waals surface area contributed by atoms with Crippen molar-refractivity contribution in [2.75, 3.05) is 6.54 Å². The van der Waals surface area contributed by atoms with Crippen LogP contribution in [0.5, 0.6) is 0 Å². The van der Waals surface area contributed by atoms with Gasteiger partial charge in [0.25, 0.3) is 5.56 Å². The molecule has 1 aliphatic heterocycles. The summed E-state index contributed by atoms with van der Waals surface area (Å²) in [6.45, 7) is 3.05. The molecule has 1 aliphatic carbocycles. The largest absolute Gasteiger partial charge is 0.306 e. The first-order valence-corrected chi connectivity index (χ1v) is 10.3. The summed E-state index contributed by atoms with van der Waals surface area (Å²) in [5.74, 6) is 0.698. The number of benzene rings is 2. The lowest BCUT2D eigenvalue weighted by molar-refractivity contribution is 0.245. The second-order valence-electron chi connectivity index (χ2n) is 7.97. The molecule has 0 bridgehead atoms. The second kappa shape index (κ2) is 7.36. The zero-order valence-electron chi connectivity index (χ0n) is 16.1. The predicted molar refractivity (Wildman–Crippen MR) is 111 cm³/mol. The molecule has 0 radical (unpaired) electrons. The fourth-order valence-corrected chi connectivity index (χ4v) is 4.46. The lowest BCUT2D eigenvalue weighted by atomic mass is 9.97. The summed E-state index contributed by atoms with van der Waals surface area (Å²) in [5.41, 5.74) is 7.12. The van der Waals surface area contributed by atoms with Crippen LogP contribution in [0.3, 0.4) is 0 Å². The molecular formula is C24H25N3O. The van der Waals surface area contributed by atoms with Gasteiger partial charge in [-0.05, 0) is 48.8 Å². The summed E-state index contributed by atoms with van der Waals surface area (Å²) in [5, 5.41) is 0. The molecule has 5 rings (SSSR count). The number of hydrogen-bond donors (Lipinski definition) is 1. The first-order valence-electron chi connectivity index (χ1n) is 10.3. The van der Waals surface area contributed by atoms with Crippen molar-refractivity contribution in [3.63, 3.8) is 0 Å². The molecule has 0 spiro atoms. The van der Waals surface area contributed by atoms with E-state index in [9.17, 15) is 4.79 Å². The number of hydrogen-bond acceptors (Lipinski definition) is 3. The third-order valence-electron chi connectivity index (χ3n) is 6.03. The van der Waals surface area contributed by atoms with Gasteiger partial charge >= 0.3 is 0 Å². The van der Waals surface area contributed by atoms with Crippen molar-refractivity contribution in [3.8, 4) is 11.4 Å². The van der Waals surface area contributed by atoms with Crippen LogP contribution < -0.4 is 5.56 Å². The lowest BCUT2D eigenvalue weighted by Crippen LogP contribution is -2.29. The van der Waals surface area contributed by atoms with E-state index in [0.29, 0.717) is 5.82 Å². The summed E-state index contributed by atoms with van der Waals surface area (Å²) >= 11 is 0. The van der Waals surface area contributed by atoms with Gasteiger partial charge in [-0.3, -0.25) is 9.69 Å². The van der Waals surface area contributed by atoms with Gasteiger partial charge in [0.15, 0.2) is 0 Å². The highest BCUT2D eigenvalue weighted by atomic mass is 16.1. The van der Waals surface area contributed by atoms with E-state index in [1.54, 1.807) is 0 Å². The summed E-state index contributed by atoms with van der Waals surface area (Å²) in [7, 11) is 0. The third kappa shape index (κ3) is 3.40. The Morgan fingerprint density at radius 1 is 0.929 bits per heavy atom. The van der Waals surface area contributed by atoms with Crippen molar-refractivity contribution in [1.29, 1.82) is 0 Å². The van der Waals surface area contributed by atoms with Crippen LogP contribution in [0.2, 0.25) is 0 Å². The van der Waals surface area contributed by atoms with E-state index in [2.05, 4.69) is 58.4 Å². The summed E-state index contributed by atoms with van der Waals surface area (Å²) in [6.07, 6.45) is 5.11. The minimum atomic E-state index is 0.0377. The van der Waals surface area contributed by atoms with E-state index < -0.39 is 0 Å². The maximum Gasteiger partial charge on any atom is 0.254 e. The molecule has 1 N–H and O–H groups in total. The van der Waals surface area contributed by atoms with Crippen LogP contribution in [-0.4, -0.2) is 21.4 Å². The highest BCUT2D eigenvalue weighted by molar-refractivity contribution is 5.55. The number of aryl methyl sites for hydroxylation is 1. The Morgan fingerprint density at radius 3 is 2.57 bits per heavy atom. The quantitative estimate of drug-likeness (QED) is 0.760. The molecule has 1 aromatic heterocycles. The summed E-state index contributed by atoms with van der Waals surface area (Å²) in [6, 6.07) is 17.2. The van der Waals surface area contributed by atoms with Gasteiger partial charge in [-0.25, -0.2) is 4.98 Å². The van der Waals surface area contributed by atoms with E-state index >= 15 is 0 Å². The van der Waals surface area contributed by atoms with Crippen LogP contribution in [0.1, 0.15) is 40.8 Å². The zero-order chi connectivity index (χ0) is 18.9. The molecule has 2 heterocycles. The van der Waals surface area contributed by atoms with Crippen molar-refractivity contribution in [2.45, 2.75) is 45.2 Å². The molecule has 0 unspecified atom stereocenters. The second-order valence-corrected chi connectivity index (χ2v) is 7.97. The van der Waals surface area contributed by atoms with E-state index in [-0.39, 0.29) is 5.56 Å². The maximum atomic E-state index is 12.4. The van der Waals surface area contributed by atoms with Gasteiger partial charge in [-0.15, -0.1) is 0 Å². The fourth-order valence-electron chi connectivity index (χ4n) is 4.46. The number of nitrogens with one attached hydrogen (secondary N) is 1. The molecule has 4 heteroatoms. The van der Waals surface area contributed by atoms with Crippen LogP contribution >= 0.6 is 0 Å². The standard InChI is InChI=1S/C24H25N3O/c28-24-21-7-3-4-8-22(21)25-23(26-24)19-11-9-17(10-12-19)15-27-14-13-18-5-1-2-6-20(18)16-27/h1-2,5-6,9-12H,3-4,7-8,13-16H2,(H,25,26,28). The molecule has 2 aromatic carbocycles. The molecule has 142 valence electrons. The fraction of sp³-hybridized carbons (Fsp3) is 0.333. The first kappa shape index (κ1) is 17.4. The number of aromatic amines is 1. The number of aromatic nitrogens is 2. The van der Waals surface area contributed by atoms with Crippen LogP contribution in [0.4, 0.5) is 0 Å². The predicted octanol–water partition coefficient (Wildman–Crippen LogP) is 3.87. The SMILES string of the molecule is O=c1[nH]c(-c2ccc(CN3CCc4ccccc4C3)cc2)nc2c1CCCC2. The summed E-state index contributed by atoms with van der Waals surface area (Å²) < 4.78 is 0. The number of rotatable bonds is 3. The van der Waals surface area contributed by atoms with Crippen LogP contribution in [-0.2, 0) is 32.4 Å². The van der Waals surface area contributed by atoms with E-state index in [4.69, 9.17) is 4.98 Å². The minimum absolute atomic E-state index is 0.0377. The Bertz CT molecular complexity index is 1050. The van der Waals surface area contributed by atoms with Gasteiger partial charge in [0.2, 0.25) is 0 Å². The Morgan fingerprint density at radius 2 is 1.71 bits per heavy atom. The molecular weight excluding hydrogens is 346 g/mol. The van der Waals surface area contributed by atoms with Crippen LogP contribution in [0, 0.1) is 0 Å². The average molecular weight is 371 g/mol. The Balaban J connectivity index is 1.33. The molecule has 0 atom stereocenters. The lowest BCUT2D eigenvalue weighted by Gasteiger charge is -2.28. The topological polar surface area (TPSA) is 49.0 Å². The van der Waals surface area contributed by atoms with Gasteiger partial charge in [0.1, 0.15) is 5.82 Å². The minimum Gasteiger partial charge on any atom is -0.306 e. The number of nitrogens with zero attached hydrogens (tertiary/aromatic N) is 2. The van der Waals surface area contributed by atoms with Gasteiger partial charge in [-0.1, -0.05) is 48.5 Å². The van der Waals surface area contributed by atoms with E-state index in [1.165, 1.54) is 16.7 Å². The molecule has 0 saturated heterocycles. The zero-order valence-corrected chi connectivity index (χ0v) is 16.1. The monoisotopic (exact) mass is 371 g/mol. The smallest absolute Gasteiger partial charge is 0.254 e. The van der Waals surface area contributed by atoms with E-state index in [0.717, 1.165) is 68.6 Å². The Labute approximate surface area is 165 Å². The average Bonchev–Trinajstić information content (AvgIpc) is 2.74. The van der Waals surface area contributed by atoms with Gasteiger partial charge < -0.3 is 4.98 Å². The van der Waals surface area contributed by atoms with Crippen molar-refractivity contribution in [1.82, 2.24) is 14.9 Å². The van der Waals surface area contributed by atoms with Gasteiger partial charge in [0, 0.05) is 30.8 Å².